The molecule has 0 heterocycles. The largest absolute Gasteiger partial charge is 0.502 e. The molecule has 1 aromatic rings. The van der Waals surface area contributed by atoms with Crippen LogP contribution in [0.5, 0.6) is 17.2 Å². The Balaban J connectivity index is 3.30. The lowest BCUT2D eigenvalue weighted by molar-refractivity contribution is -0.146. The van der Waals surface area contributed by atoms with Gasteiger partial charge >= 0.3 is 11.9 Å². The number of carbonyl (C=O) groups excluding carboxylic acids is 1. The highest BCUT2D eigenvalue weighted by Crippen LogP contribution is 2.37. The van der Waals surface area contributed by atoms with Gasteiger partial charge in [0.1, 0.15) is 0 Å². The van der Waals surface area contributed by atoms with Gasteiger partial charge in [-0.1, -0.05) is 0 Å². The Morgan fingerprint density at radius 3 is 2.00 bits per heavy atom. The molecule has 108 valence electrons. The van der Waals surface area contributed by atoms with Crippen molar-refractivity contribution in [2.24, 2.45) is 0 Å². The first-order valence-electron chi connectivity index (χ1n) is 5.47. The highest BCUT2D eigenvalue weighted by Gasteiger charge is 2.15. The zero-order chi connectivity index (χ0) is 15.3. The molecule has 20 heavy (non-hydrogen) atoms. The monoisotopic (exact) mass is 282 g/mol. The van der Waals surface area contributed by atoms with Crippen molar-refractivity contribution in [3.8, 4) is 17.2 Å². The smallest absolute Gasteiger partial charge is 0.371 e. The Morgan fingerprint density at radius 1 is 1.15 bits per heavy atom. The summed E-state index contributed by atoms with van der Waals surface area (Å²) < 4.78 is 14.4. The molecule has 0 amide bonds. The molecule has 0 aliphatic carbocycles. The number of carboxylic acid groups (broad SMARTS) is 1. The number of phenolic OH excluding ortho intramolecular Hbond substituents is 1. The number of carbonyl (C=O) groups is 2. The third-order valence-electron chi connectivity index (χ3n) is 2.26. The van der Waals surface area contributed by atoms with Crippen LogP contribution in [-0.2, 0) is 14.3 Å². The van der Waals surface area contributed by atoms with Crippen LogP contribution in [0.4, 0.5) is 0 Å². The molecule has 1 rings (SSSR count). The van der Waals surface area contributed by atoms with Crippen molar-refractivity contribution in [3.05, 3.63) is 23.5 Å². The third kappa shape index (κ3) is 3.64. The van der Waals surface area contributed by atoms with Crippen LogP contribution in [0.1, 0.15) is 12.5 Å². The predicted molar refractivity (Wildman–Crippen MR) is 68.6 cm³/mol. The number of aromatic hydroxyl groups is 1. The Bertz CT molecular complexity index is 535. The first-order valence-corrected chi connectivity index (χ1v) is 5.47. The van der Waals surface area contributed by atoms with Crippen molar-refractivity contribution < 1.29 is 34.0 Å². The number of methoxy groups -OCH3 is 2. The van der Waals surface area contributed by atoms with Gasteiger partial charge in [-0.05, 0) is 23.8 Å². The van der Waals surface area contributed by atoms with Gasteiger partial charge in [-0.3, -0.25) is 4.79 Å². The van der Waals surface area contributed by atoms with Crippen LogP contribution in [0.2, 0.25) is 0 Å². The van der Waals surface area contributed by atoms with Gasteiger partial charge in [0.2, 0.25) is 11.5 Å². The van der Waals surface area contributed by atoms with Gasteiger partial charge in [-0.15, -0.1) is 0 Å². The normalized spacial score (nSPS) is 10.8. The summed E-state index contributed by atoms with van der Waals surface area (Å²) in [4.78, 5) is 21.8. The Kier molecular flexibility index (Phi) is 4.96. The number of benzene rings is 1. The molecular weight excluding hydrogens is 268 g/mol. The van der Waals surface area contributed by atoms with Gasteiger partial charge in [0.25, 0.3) is 0 Å². The van der Waals surface area contributed by atoms with Crippen LogP contribution in [-0.4, -0.2) is 36.4 Å². The second kappa shape index (κ2) is 6.46. The summed E-state index contributed by atoms with van der Waals surface area (Å²) in [6, 6.07) is 2.76. The van der Waals surface area contributed by atoms with E-state index in [-0.39, 0.29) is 17.2 Å². The Labute approximate surface area is 115 Å². The van der Waals surface area contributed by atoms with Crippen molar-refractivity contribution in [2.75, 3.05) is 14.2 Å². The van der Waals surface area contributed by atoms with Crippen molar-refractivity contribution in [3.63, 3.8) is 0 Å². The van der Waals surface area contributed by atoms with E-state index in [1.807, 2.05) is 0 Å². The van der Waals surface area contributed by atoms with Crippen molar-refractivity contribution in [1.29, 1.82) is 0 Å². The van der Waals surface area contributed by atoms with E-state index in [4.69, 9.17) is 14.6 Å². The maximum absolute atomic E-state index is 11.0. The highest BCUT2D eigenvalue weighted by molar-refractivity contribution is 5.92. The van der Waals surface area contributed by atoms with Crippen LogP contribution in [0.25, 0.3) is 6.08 Å². The zero-order valence-electron chi connectivity index (χ0n) is 11.2. The molecule has 7 heteroatoms. The highest BCUT2D eigenvalue weighted by atomic mass is 16.6. The Hall–Kier alpha value is -2.70. The second-order valence-corrected chi connectivity index (χ2v) is 3.68. The van der Waals surface area contributed by atoms with Crippen LogP contribution < -0.4 is 9.47 Å². The number of phenols is 1. The zero-order valence-corrected chi connectivity index (χ0v) is 11.2. The minimum Gasteiger partial charge on any atom is -0.502 e. The summed E-state index contributed by atoms with van der Waals surface area (Å²) in [6.07, 6.45) is 1.12. The lowest BCUT2D eigenvalue weighted by Crippen LogP contribution is -2.08. The maximum atomic E-state index is 11.0. The van der Waals surface area contributed by atoms with Crippen molar-refractivity contribution >= 4 is 18.0 Å². The van der Waals surface area contributed by atoms with Crippen LogP contribution >= 0.6 is 0 Å². The van der Waals surface area contributed by atoms with Gasteiger partial charge in [0, 0.05) is 6.92 Å². The predicted octanol–water partition coefficient (Wildman–Crippen LogP) is 1.40. The molecule has 0 unspecified atom stereocenters. The molecule has 1 aromatic carbocycles. The van der Waals surface area contributed by atoms with E-state index in [0.717, 1.165) is 13.0 Å². The maximum Gasteiger partial charge on any atom is 0.371 e. The van der Waals surface area contributed by atoms with E-state index in [9.17, 15) is 14.7 Å². The number of ether oxygens (including phenoxy) is 3. The minimum atomic E-state index is -1.40. The second-order valence-electron chi connectivity index (χ2n) is 3.68. The molecule has 7 nitrogen and oxygen atoms in total. The first kappa shape index (κ1) is 15.4. The number of hydrogen-bond acceptors (Lipinski definition) is 6. The van der Waals surface area contributed by atoms with E-state index in [0.29, 0.717) is 5.56 Å². The number of aliphatic carboxylic acids is 1. The number of rotatable bonds is 5. The third-order valence-corrected chi connectivity index (χ3v) is 2.26. The number of esters is 1. The SMILES string of the molecule is COc1cc(C=C(OC(C)=O)C(=O)O)cc(OC)c1O. The molecule has 0 saturated heterocycles. The minimum absolute atomic E-state index is 0.100. The summed E-state index contributed by atoms with van der Waals surface area (Å²) in [5.41, 5.74) is 0.329. The quantitative estimate of drug-likeness (QED) is 0.478. The molecular formula is C13H14O7. The van der Waals surface area contributed by atoms with Crippen molar-refractivity contribution in [2.45, 2.75) is 6.92 Å². The van der Waals surface area contributed by atoms with Crippen LogP contribution in [0.15, 0.2) is 17.9 Å². The van der Waals surface area contributed by atoms with Gasteiger partial charge in [-0.25, -0.2) is 4.79 Å². The molecule has 0 aliphatic rings. The molecule has 0 aromatic heterocycles. The fourth-order valence-corrected chi connectivity index (χ4v) is 1.44. The standard InChI is InChI=1S/C13H14O7/c1-7(14)20-11(13(16)17)6-8-4-9(18-2)12(15)10(5-8)19-3/h4-6,15H,1-3H3,(H,16,17). The first-order chi connectivity index (χ1) is 9.38. The van der Waals surface area contributed by atoms with E-state index >= 15 is 0 Å². The number of hydrogen-bond donors (Lipinski definition) is 2. The van der Waals surface area contributed by atoms with Crippen LogP contribution in [0, 0.1) is 0 Å². The lowest BCUT2D eigenvalue weighted by Gasteiger charge is -2.10. The molecule has 0 aliphatic heterocycles. The van der Waals surface area contributed by atoms with Gasteiger partial charge < -0.3 is 24.4 Å². The fraction of sp³-hybridized carbons (Fsp3) is 0.231. The average Bonchev–Trinajstić information content (AvgIpc) is 2.38. The molecule has 0 radical (unpaired) electrons. The summed E-state index contributed by atoms with van der Waals surface area (Å²) in [5, 5.41) is 18.7. The summed E-state index contributed by atoms with van der Waals surface area (Å²) >= 11 is 0. The molecule has 0 spiro atoms. The fourth-order valence-electron chi connectivity index (χ4n) is 1.44. The van der Waals surface area contributed by atoms with E-state index < -0.39 is 17.7 Å². The van der Waals surface area contributed by atoms with E-state index in [1.54, 1.807) is 0 Å². The van der Waals surface area contributed by atoms with E-state index in [2.05, 4.69) is 4.74 Å². The topological polar surface area (TPSA) is 102 Å². The van der Waals surface area contributed by atoms with Gasteiger partial charge in [-0.2, -0.15) is 0 Å². The van der Waals surface area contributed by atoms with Gasteiger partial charge in [0.15, 0.2) is 11.5 Å². The molecule has 2 N–H and O–H groups in total. The van der Waals surface area contributed by atoms with E-state index in [1.165, 1.54) is 26.4 Å². The number of carboxylic acids is 1. The summed E-state index contributed by atoms with van der Waals surface area (Å²) in [6.45, 7) is 1.09. The summed E-state index contributed by atoms with van der Waals surface area (Å²) in [5.74, 6) is -2.71. The summed E-state index contributed by atoms with van der Waals surface area (Å²) in [7, 11) is 2.68. The average molecular weight is 282 g/mol. The van der Waals surface area contributed by atoms with Crippen molar-refractivity contribution in [1.82, 2.24) is 0 Å². The molecule has 0 bridgehead atoms. The molecule has 0 saturated carbocycles. The lowest BCUT2D eigenvalue weighted by atomic mass is 10.1. The van der Waals surface area contributed by atoms with Crippen LogP contribution in [0.3, 0.4) is 0 Å². The van der Waals surface area contributed by atoms with Gasteiger partial charge in [0.05, 0.1) is 14.2 Å². The molecule has 0 atom stereocenters. The molecule has 0 fully saturated rings. The Morgan fingerprint density at radius 2 is 1.65 bits per heavy atom.